The number of hydrogen-bond acceptors (Lipinski definition) is 4. The average molecular weight is 304 g/mol. The maximum absolute atomic E-state index is 10.6. The van der Waals surface area contributed by atoms with Crippen molar-refractivity contribution in [2.45, 2.75) is 62.4 Å². The van der Waals surface area contributed by atoms with Gasteiger partial charge >= 0.3 is 0 Å². The first kappa shape index (κ1) is 15.9. The largest absolute Gasteiger partial charge is 0.319 e. The highest BCUT2D eigenvalue weighted by Crippen LogP contribution is 2.53. The van der Waals surface area contributed by atoms with E-state index in [1.807, 2.05) is 0 Å². The molecular formula is C18H28N2O2. The number of aldehydes is 2. The van der Waals surface area contributed by atoms with Crippen molar-refractivity contribution in [1.82, 2.24) is 0 Å². The molecule has 22 heavy (non-hydrogen) atoms. The number of carbonyl (C=O) groups excluding carboxylic acids is 2. The SMILES string of the molecule is C1C2CC3CC1CC(C2)C3.NC1(C=O)C=CCC(N)(C=O)C1. The lowest BCUT2D eigenvalue weighted by molar-refractivity contribution is -0.115. The number of nitrogens with two attached hydrogens (primary N) is 2. The Balaban J connectivity index is 0.000000132. The van der Waals surface area contributed by atoms with Crippen molar-refractivity contribution in [2.75, 3.05) is 0 Å². The summed E-state index contributed by atoms with van der Waals surface area (Å²) in [7, 11) is 0. The summed E-state index contributed by atoms with van der Waals surface area (Å²) >= 11 is 0. The first-order valence-electron chi connectivity index (χ1n) is 8.62. The molecule has 0 spiro atoms. The second kappa shape index (κ2) is 5.89. The zero-order valence-electron chi connectivity index (χ0n) is 13.2. The minimum atomic E-state index is -1.06. The second-order valence-electron chi connectivity index (χ2n) is 8.24. The molecule has 5 rings (SSSR count). The van der Waals surface area contributed by atoms with Gasteiger partial charge in [0.1, 0.15) is 12.6 Å². The van der Waals surface area contributed by atoms with Crippen LogP contribution in [0.4, 0.5) is 0 Å². The lowest BCUT2D eigenvalue weighted by Gasteiger charge is -2.49. The van der Waals surface area contributed by atoms with E-state index in [-0.39, 0.29) is 6.42 Å². The fraction of sp³-hybridized carbons (Fsp3) is 0.778. The average Bonchev–Trinajstić information content (AvgIpc) is 2.46. The Morgan fingerprint density at radius 2 is 1.27 bits per heavy atom. The molecule has 5 aliphatic rings. The summed E-state index contributed by atoms with van der Waals surface area (Å²) in [5.74, 6) is 4.71. The molecule has 4 nitrogen and oxygen atoms in total. The van der Waals surface area contributed by atoms with Crippen LogP contribution in [0.5, 0.6) is 0 Å². The van der Waals surface area contributed by atoms with Crippen LogP contribution in [0, 0.1) is 23.7 Å². The van der Waals surface area contributed by atoms with Crippen LogP contribution >= 0.6 is 0 Å². The van der Waals surface area contributed by atoms with Gasteiger partial charge < -0.3 is 21.1 Å². The van der Waals surface area contributed by atoms with Crippen LogP contribution in [-0.4, -0.2) is 23.7 Å². The highest BCUT2D eigenvalue weighted by Gasteiger charge is 2.41. The van der Waals surface area contributed by atoms with Crippen molar-refractivity contribution >= 4 is 12.6 Å². The zero-order valence-corrected chi connectivity index (χ0v) is 13.2. The third-order valence-corrected chi connectivity index (χ3v) is 6.02. The molecule has 4 N–H and O–H groups in total. The summed E-state index contributed by atoms with van der Waals surface area (Å²) in [6.45, 7) is 0. The van der Waals surface area contributed by atoms with Gasteiger partial charge in [-0.2, -0.15) is 0 Å². The van der Waals surface area contributed by atoms with Crippen LogP contribution in [0.15, 0.2) is 12.2 Å². The molecule has 5 aliphatic carbocycles. The topological polar surface area (TPSA) is 86.2 Å². The normalized spacial score (nSPS) is 48.5. The molecular weight excluding hydrogens is 276 g/mol. The molecule has 2 atom stereocenters. The number of rotatable bonds is 2. The van der Waals surface area contributed by atoms with Crippen LogP contribution in [0.1, 0.15) is 51.4 Å². The van der Waals surface area contributed by atoms with Crippen molar-refractivity contribution in [2.24, 2.45) is 35.1 Å². The monoisotopic (exact) mass is 304 g/mol. The van der Waals surface area contributed by atoms with Gasteiger partial charge in [0.05, 0.1) is 11.1 Å². The van der Waals surface area contributed by atoms with Gasteiger partial charge in [-0.3, -0.25) is 0 Å². The van der Waals surface area contributed by atoms with Crippen molar-refractivity contribution in [3.63, 3.8) is 0 Å². The molecule has 0 aromatic carbocycles. The van der Waals surface area contributed by atoms with E-state index < -0.39 is 11.1 Å². The maximum Gasteiger partial charge on any atom is 0.143 e. The van der Waals surface area contributed by atoms with E-state index in [1.54, 1.807) is 50.7 Å². The van der Waals surface area contributed by atoms with Crippen LogP contribution in [0.2, 0.25) is 0 Å². The maximum atomic E-state index is 10.6. The first-order valence-corrected chi connectivity index (χ1v) is 8.62. The molecule has 0 aromatic rings. The third-order valence-electron chi connectivity index (χ3n) is 6.02. The van der Waals surface area contributed by atoms with E-state index in [4.69, 9.17) is 11.5 Å². The van der Waals surface area contributed by atoms with Crippen LogP contribution in [0.25, 0.3) is 0 Å². The summed E-state index contributed by atoms with van der Waals surface area (Å²) in [5.41, 5.74) is 9.24. The third kappa shape index (κ3) is 3.33. The second-order valence-corrected chi connectivity index (χ2v) is 8.24. The highest BCUT2D eigenvalue weighted by atomic mass is 16.1. The highest BCUT2D eigenvalue weighted by molar-refractivity contribution is 5.73. The summed E-state index contributed by atoms with van der Waals surface area (Å²) in [6.07, 6.45) is 14.8. The van der Waals surface area contributed by atoms with Gasteiger partial charge in [0, 0.05) is 6.42 Å². The Labute approximate surface area is 132 Å². The predicted octanol–water partition coefficient (Wildman–Crippen LogP) is 1.96. The van der Waals surface area contributed by atoms with Gasteiger partial charge in [0.2, 0.25) is 0 Å². The van der Waals surface area contributed by atoms with Gasteiger partial charge in [-0.05, 0) is 68.6 Å². The Morgan fingerprint density at radius 3 is 1.64 bits per heavy atom. The molecule has 122 valence electrons. The standard InChI is InChI=1S/C10H16.C8H12N2O2/c1-7-2-9-4-8(1)5-10(3-7)6-9;9-7(5-11)2-1-3-8(10,4-7)6-12/h7-10H,1-6H2;1-2,5-6H,3-4,9-10H2. The summed E-state index contributed by atoms with van der Waals surface area (Å²) < 4.78 is 0. The Hall–Kier alpha value is -1.00. The van der Waals surface area contributed by atoms with E-state index in [0.29, 0.717) is 19.0 Å². The van der Waals surface area contributed by atoms with E-state index in [1.165, 1.54) is 23.7 Å². The van der Waals surface area contributed by atoms with E-state index in [2.05, 4.69) is 0 Å². The Kier molecular flexibility index (Phi) is 4.25. The summed E-state index contributed by atoms with van der Waals surface area (Å²) in [6, 6.07) is 0. The fourth-order valence-electron chi connectivity index (χ4n) is 5.35. The van der Waals surface area contributed by atoms with Crippen LogP contribution < -0.4 is 11.5 Å². The number of hydrogen-bond donors (Lipinski definition) is 2. The smallest absolute Gasteiger partial charge is 0.143 e. The fourth-order valence-corrected chi connectivity index (χ4v) is 5.35. The molecule has 0 amide bonds. The lowest BCUT2D eigenvalue weighted by Crippen LogP contribution is -2.55. The molecule has 4 heteroatoms. The van der Waals surface area contributed by atoms with Gasteiger partial charge in [0.25, 0.3) is 0 Å². The molecule has 0 aliphatic heterocycles. The molecule has 4 saturated carbocycles. The van der Waals surface area contributed by atoms with Gasteiger partial charge in [-0.15, -0.1) is 0 Å². The van der Waals surface area contributed by atoms with Gasteiger partial charge in [-0.1, -0.05) is 12.2 Å². The Bertz CT molecular complexity index is 419. The molecule has 0 radical (unpaired) electrons. The predicted molar refractivity (Wildman–Crippen MR) is 86.0 cm³/mol. The lowest BCUT2D eigenvalue weighted by atomic mass is 9.56. The molecule has 0 aromatic heterocycles. The molecule has 0 heterocycles. The van der Waals surface area contributed by atoms with Crippen molar-refractivity contribution in [1.29, 1.82) is 0 Å². The van der Waals surface area contributed by atoms with Crippen LogP contribution in [0.3, 0.4) is 0 Å². The summed E-state index contributed by atoms with van der Waals surface area (Å²) in [5, 5.41) is 0. The van der Waals surface area contributed by atoms with E-state index in [0.717, 1.165) is 0 Å². The molecule has 4 bridgehead atoms. The van der Waals surface area contributed by atoms with E-state index in [9.17, 15) is 9.59 Å². The van der Waals surface area contributed by atoms with Crippen LogP contribution in [-0.2, 0) is 9.59 Å². The van der Waals surface area contributed by atoms with Crippen molar-refractivity contribution in [3.8, 4) is 0 Å². The van der Waals surface area contributed by atoms with Gasteiger partial charge in [-0.25, -0.2) is 0 Å². The first-order chi connectivity index (χ1) is 10.4. The Morgan fingerprint density at radius 1 is 0.818 bits per heavy atom. The molecule has 2 unspecified atom stereocenters. The molecule has 0 saturated heterocycles. The van der Waals surface area contributed by atoms with Gasteiger partial charge in [0.15, 0.2) is 0 Å². The zero-order chi connectivity index (χ0) is 15.8. The van der Waals surface area contributed by atoms with E-state index >= 15 is 0 Å². The quantitative estimate of drug-likeness (QED) is 0.603. The van der Waals surface area contributed by atoms with Crippen molar-refractivity contribution < 1.29 is 9.59 Å². The van der Waals surface area contributed by atoms with Crippen molar-refractivity contribution in [3.05, 3.63) is 12.2 Å². The minimum absolute atomic E-state index is 0.184. The number of carbonyl (C=O) groups is 2. The minimum Gasteiger partial charge on any atom is -0.319 e. The molecule has 4 fully saturated rings. The summed E-state index contributed by atoms with van der Waals surface area (Å²) in [4.78, 5) is 21.1.